The summed E-state index contributed by atoms with van der Waals surface area (Å²) in [6.45, 7) is 1.55. The van der Waals surface area contributed by atoms with Gasteiger partial charge in [0.2, 0.25) is 0 Å². The molecule has 0 fully saturated rings. The maximum Gasteiger partial charge on any atom is 0.334 e. The van der Waals surface area contributed by atoms with Gasteiger partial charge in [-0.15, -0.1) is 0 Å². The second-order valence-corrected chi connectivity index (χ2v) is 6.52. The van der Waals surface area contributed by atoms with Crippen molar-refractivity contribution in [2.75, 3.05) is 7.11 Å². The summed E-state index contributed by atoms with van der Waals surface area (Å²) in [5.74, 6) is -0.641. The van der Waals surface area contributed by atoms with Crippen LogP contribution in [0, 0.1) is 0 Å². The lowest BCUT2D eigenvalue weighted by Crippen LogP contribution is -2.42. The molecule has 2 atom stereocenters. The van der Waals surface area contributed by atoms with Crippen LogP contribution in [-0.4, -0.2) is 30.1 Å². The van der Waals surface area contributed by atoms with Crippen molar-refractivity contribution >= 4 is 17.5 Å². The van der Waals surface area contributed by atoms with E-state index in [1.54, 1.807) is 6.92 Å². The fourth-order valence-corrected chi connectivity index (χ4v) is 3.69. The fourth-order valence-electron chi connectivity index (χ4n) is 3.69. The first kappa shape index (κ1) is 17.2. The second kappa shape index (κ2) is 7.09. The third kappa shape index (κ3) is 3.29. The first-order valence-corrected chi connectivity index (χ1v) is 8.50. The van der Waals surface area contributed by atoms with Gasteiger partial charge in [-0.3, -0.25) is 4.99 Å². The molecule has 0 amide bonds. The molecule has 2 aromatic carbocycles. The van der Waals surface area contributed by atoms with Gasteiger partial charge in [0.05, 0.1) is 7.11 Å². The number of hydrogen-bond acceptors (Lipinski definition) is 4. The van der Waals surface area contributed by atoms with Crippen LogP contribution >= 0.6 is 0 Å². The molecule has 25 heavy (non-hydrogen) atoms. The van der Waals surface area contributed by atoms with E-state index in [4.69, 9.17) is 9.73 Å². The minimum Gasteiger partial charge on any atom is -0.467 e. The van der Waals surface area contributed by atoms with E-state index in [2.05, 4.69) is 0 Å². The number of ether oxygens (including phenoxy) is 1. The van der Waals surface area contributed by atoms with Gasteiger partial charge in [-0.1, -0.05) is 30.3 Å². The molecule has 4 heteroatoms. The van der Waals surface area contributed by atoms with Crippen molar-refractivity contribution in [3.63, 3.8) is 0 Å². The fraction of sp³-hybridized carbons (Fsp3) is 0.333. The third-order valence-corrected chi connectivity index (χ3v) is 4.88. The van der Waals surface area contributed by atoms with Gasteiger partial charge in [-0.05, 0) is 25.3 Å². The van der Waals surface area contributed by atoms with Crippen molar-refractivity contribution < 1.29 is 14.3 Å². The molecule has 1 heterocycles. The predicted molar refractivity (Wildman–Crippen MR) is 97.0 cm³/mol. The Hall–Kier alpha value is -2.62. The van der Waals surface area contributed by atoms with Crippen LogP contribution in [0.4, 0.5) is 0 Å². The Morgan fingerprint density at radius 1 is 1.24 bits per heavy atom. The van der Waals surface area contributed by atoms with E-state index >= 15 is 0 Å². The SMILES string of the molecule is COC(=O)[C@@]1([C@H](CC(C)=O)c2ccc[cH-]2)CCC(c2ccccc2)=N1. The number of carbonyl (C=O) groups is 2. The van der Waals surface area contributed by atoms with E-state index in [9.17, 15) is 9.59 Å². The minimum absolute atomic E-state index is 0.0397. The number of ketones is 1. The zero-order valence-electron chi connectivity index (χ0n) is 14.6. The van der Waals surface area contributed by atoms with E-state index in [1.165, 1.54) is 7.11 Å². The van der Waals surface area contributed by atoms with Crippen molar-refractivity contribution in [1.82, 2.24) is 0 Å². The van der Waals surface area contributed by atoms with Crippen molar-refractivity contribution in [3.05, 3.63) is 65.7 Å². The number of Topliss-reactive ketones (excluding diaryl/α,β-unsaturated/α-hetero) is 1. The summed E-state index contributed by atoms with van der Waals surface area (Å²) in [7, 11) is 1.38. The van der Waals surface area contributed by atoms with Crippen LogP contribution in [0.5, 0.6) is 0 Å². The topological polar surface area (TPSA) is 55.7 Å². The van der Waals surface area contributed by atoms with Gasteiger partial charge in [0.25, 0.3) is 0 Å². The number of rotatable bonds is 6. The van der Waals surface area contributed by atoms with Crippen LogP contribution in [0.15, 0.2) is 59.6 Å². The zero-order valence-corrected chi connectivity index (χ0v) is 14.6. The molecule has 0 unspecified atom stereocenters. The Kier molecular flexibility index (Phi) is 4.88. The molecule has 130 valence electrons. The molecule has 0 radical (unpaired) electrons. The average molecular weight is 336 g/mol. The van der Waals surface area contributed by atoms with E-state index < -0.39 is 5.54 Å². The highest BCUT2D eigenvalue weighted by atomic mass is 16.5. The van der Waals surface area contributed by atoms with E-state index in [-0.39, 0.29) is 24.1 Å². The van der Waals surface area contributed by atoms with Crippen LogP contribution in [0.3, 0.4) is 0 Å². The summed E-state index contributed by atoms with van der Waals surface area (Å²) in [5.41, 5.74) is 1.82. The Morgan fingerprint density at radius 2 is 2.00 bits per heavy atom. The molecule has 3 rings (SSSR count). The lowest BCUT2D eigenvalue weighted by atomic mass is 9.76. The largest absolute Gasteiger partial charge is 0.467 e. The number of esters is 1. The molecule has 1 aliphatic heterocycles. The second-order valence-electron chi connectivity index (χ2n) is 6.52. The van der Waals surface area contributed by atoms with Crippen molar-refractivity contribution in [1.29, 1.82) is 0 Å². The van der Waals surface area contributed by atoms with Crippen LogP contribution in [-0.2, 0) is 14.3 Å². The predicted octanol–water partition coefficient (Wildman–Crippen LogP) is 3.66. The van der Waals surface area contributed by atoms with E-state index in [1.807, 2.05) is 54.6 Å². The number of benzene rings is 1. The molecule has 0 saturated heterocycles. The van der Waals surface area contributed by atoms with Gasteiger partial charge in [0.1, 0.15) is 5.78 Å². The molecule has 0 aliphatic carbocycles. The molecule has 0 bridgehead atoms. The third-order valence-electron chi connectivity index (χ3n) is 4.88. The van der Waals surface area contributed by atoms with Crippen LogP contribution in [0.25, 0.3) is 0 Å². The molecule has 0 aromatic heterocycles. The van der Waals surface area contributed by atoms with Crippen LogP contribution in [0.2, 0.25) is 0 Å². The molecule has 1 aliphatic rings. The molecule has 4 nitrogen and oxygen atoms in total. The molecular weight excluding hydrogens is 314 g/mol. The first-order valence-electron chi connectivity index (χ1n) is 8.50. The number of aliphatic imine (C=N–C) groups is 1. The first-order chi connectivity index (χ1) is 12.1. The van der Waals surface area contributed by atoms with Gasteiger partial charge in [-0.2, -0.15) is 17.7 Å². The highest BCUT2D eigenvalue weighted by Gasteiger charge is 2.49. The van der Waals surface area contributed by atoms with E-state index in [0.717, 1.165) is 16.8 Å². The number of carbonyl (C=O) groups excluding carboxylic acids is 2. The summed E-state index contributed by atoms with van der Waals surface area (Å²) in [6.07, 6.45) is 1.51. The lowest BCUT2D eigenvalue weighted by Gasteiger charge is -2.34. The molecule has 0 saturated carbocycles. The van der Waals surface area contributed by atoms with E-state index in [0.29, 0.717) is 12.8 Å². The average Bonchev–Trinajstić information content (AvgIpc) is 3.30. The monoisotopic (exact) mass is 336 g/mol. The van der Waals surface area contributed by atoms with Crippen molar-refractivity contribution in [2.24, 2.45) is 4.99 Å². The summed E-state index contributed by atoms with van der Waals surface area (Å²) >= 11 is 0. The van der Waals surface area contributed by atoms with Gasteiger partial charge in [-0.25, -0.2) is 16.9 Å². The van der Waals surface area contributed by atoms with Crippen molar-refractivity contribution in [2.45, 2.75) is 37.6 Å². The number of hydrogen-bond donors (Lipinski definition) is 0. The molecule has 0 spiro atoms. The smallest absolute Gasteiger partial charge is 0.334 e. The van der Waals surface area contributed by atoms with Crippen molar-refractivity contribution in [3.8, 4) is 0 Å². The maximum absolute atomic E-state index is 12.8. The minimum atomic E-state index is -1.04. The highest BCUT2D eigenvalue weighted by Crippen LogP contribution is 2.43. The number of nitrogens with zero attached hydrogens (tertiary/aromatic N) is 1. The van der Waals surface area contributed by atoms with Gasteiger partial charge < -0.3 is 9.53 Å². The standard InChI is InChI=1S/C21H22NO3/c1-15(23)14-18(16-8-6-7-9-16)21(20(24)25-2)13-12-19(22-21)17-10-4-3-5-11-17/h3-11,18H,12-14H2,1-2H3/q-1/t18-,21+/m1/s1. The van der Waals surface area contributed by atoms with Crippen LogP contribution in [0.1, 0.15) is 43.2 Å². The lowest BCUT2D eigenvalue weighted by molar-refractivity contribution is -0.148. The molecular formula is C21H22NO3-. The Bertz CT molecular complexity index is 777. The van der Waals surface area contributed by atoms with Crippen LogP contribution < -0.4 is 0 Å². The summed E-state index contributed by atoms with van der Waals surface area (Å²) < 4.78 is 5.12. The summed E-state index contributed by atoms with van der Waals surface area (Å²) in [5, 5.41) is 0. The Morgan fingerprint density at radius 3 is 2.60 bits per heavy atom. The Labute approximate surface area is 147 Å². The quantitative estimate of drug-likeness (QED) is 0.597. The van der Waals surface area contributed by atoms with Gasteiger partial charge in [0, 0.05) is 18.1 Å². The Balaban J connectivity index is 2.08. The molecule has 0 N–H and O–H groups in total. The summed E-state index contributed by atoms with van der Waals surface area (Å²) in [6, 6.07) is 17.6. The number of methoxy groups -OCH3 is 1. The zero-order chi connectivity index (χ0) is 17.9. The summed E-state index contributed by atoms with van der Waals surface area (Å²) in [4.78, 5) is 29.6. The highest BCUT2D eigenvalue weighted by molar-refractivity contribution is 6.05. The van der Waals surface area contributed by atoms with Gasteiger partial charge in [0.15, 0.2) is 5.54 Å². The normalized spacial score (nSPS) is 20.8. The molecule has 2 aromatic rings. The van der Waals surface area contributed by atoms with Gasteiger partial charge >= 0.3 is 5.97 Å². The maximum atomic E-state index is 12.8.